The number of aliphatic hydroxyl groups is 1. The van der Waals surface area contributed by atoms with E-state index in [9.17, 15) is 13.2 Å². The van der Waals surface area contributed by atoms with Gasteiger partial charge >= 0.3 is 6.18 Å². The van der Waals surface area contributed by atoms with Crippen molar-refractivity contribution in [2.45, 2.75) is 19.7 Å². The number of rotatable bonds is 2. The van der Waals surface area contributed by atoms with Gasteiger partial charge in [0.25, 0.3) is 0 Å². The van der Waals surface area contributed by atoms with Gasteiger partial charge in [-0.05, 0) is 13.0 Å². The topological polar surface area (TPSA) is 46.3 Å². The van der Waals surface area contributed by atoms with E-state index in [1.54, 1.807) is 0 Å². The Balaban J connectivity index is 2.64. The van der Waals surface area contributed by atoms with Gasteiger partial charge < -0.3 is 9.63 Å². The summed E-state index contributed by atoms with van der Waals surface area (Å²) >= 11 is 0. The van der Waals surface area contributed by atoms with Crippen LogP contribution in [0.25, 0.3) is 11.3 Å². The summed E-state index contributed by atoms with van der Waals surface area (Å²) in [6.07, 6.45) is -4.48. The average Bonchev–Trinajstić information content (AvgIpc) is 2.69. The number of benzene rings is 1. The number of aliphatic hydroxyl groups excluding tert-OH is 1. The molecule has 0 amide bonds. The summed E-state index contributed by atoms with van der Waals surface area (Å²) in [6.45, 7) is 1.12. The number of nitrogens with zero attached hydrogens (tertiary/aromatic N) is 1. The highest BCUT2D eigenvalue weighted by Gasteiger charge is 2.34. The lowest BCUT2D eigenvalue weighted by atomic mass is 10.0. The maximum Gasteiger partial charge on any atom is 0.417 e. The number of aryl methyl sites for hydroxylation is 1. The summed E-state index contributed by atoms with van der Waals surface area (Å²) in [4.78, 5) is 0. The highest BCUT2D eigenvalue weighted by molar-refractivity contribution is 5.67. The molecule has 2 aromatic rings. The first kappa shape index (κ1) is 12.6. The normalized spacial score (nSPS) is 11.8. The van der Waals surface area contributed by atoms with Gasteiger partial charge in [-0.1, -0.05) is 23.4 Å². The second kappa shape index (κ2) is 4.45. The Kier molecular flexibility index (Phi) is 3.13. The van der Waals surface area contributed by atoms with Gasteiger partial charge in [-0.2, -0.15) is 13.2 Å². The van der Waals surface area contributed by atoms with Crippen LogP contribution < -0.4 is 0 Å². The Bertz CT molecular complexity index is 561. The molecule has 18 heavy (non-hydrogen) atoms. The van der Waals surface area contributed by atoms with E-state index in [1.165, 1.54) is 25.1 Å². The molecule has 96 valence electrons. The van der Waals surface area contributed by atoms with Crippen LogP contribution in [-0.2, 0) is 12.8 Å². The van der Waals surface area contributed by atoms with Crippen molar-refractivity contribution in [1.29, 1.82) is 0 Å². The Labute approximate surface area is 101 Å². The van der Waals surface area contributed by atoms with Gasteiger partial charge in [0.05, 0.1) is 12.2 Å². The molecule has 0 unspecified atom stereocenters. The van der Waals surface area contributed by atoms with Crippen molar-refractivity contribution in [2.75, 3.05) is 0 Å². The second-order valence-electron chi connectivity index (χ2n) is 3.77. The lowest BCUT2D eigenvalue weighted by Gasteiger charge is -2.11. The number of aromatic nitrogens is 1. The molecule has 0 saturated heterocycles. The molecule has 0 aliphatic carbocycles. The van der Waals surface area contributed by atoms with Crippen LogP contribution >= 0.6 is 0 Å². The van der Waals surface area contributed by atoms with Crippen LogP contribution in [0.2, 0.25) is 0 Å². The second-order valence-corrected chi connectivity index (χ2v) is 3.77. The minimum atomic E-state index is -4.48. The van der Waals surface area contributed by atoms with Crippen LogP contribution in [0, 0.1) is 6.92 Å². The molecule has 2 rings (SSSR count). The number of alkyl halides is 3. The van der Waals surface area contributed by atoms with E-state index in [-0.39, 0.29) is 16.8 Å². The summed E-state index contributed by atoms with van der Waals surface area (Å²) in [7, 11) is 0. The van der Waals surface area contributed by atoms with E-state index >= 15 is 0 Å². The molecule has 6 heteroatoms. The SMILES string of the molecule is Cc1onc(-c2ccccc2C(F)(F)F)c1CO. The zero-order valence-electron chi connectivity index (χ0n) is 9.45. The molecule has 1 heterocycles. The summed E-state index contributed by atoms with van der Waals surface area (Å²) in [5, 5.41) is 12.8. The third-order valence-electron chi connectivity index (χ3n) is 2.63. The van der Waals surface area contributed by atoms with Crippen LogP contribution in [0.1, 0.15) is 16.9 Å². The molecule has 0 atom stereocenters. The summed E-state index contributed by atoms with van der Waals surface area (Å²) in [5.41, 5.74) is -0.589. The average molecular weight is 257 g/mol. The predicted octanol–water partition coefficient (Wildman–Crippen LogP) is 3.16. The molecule has 3 nitrogen and oxygen atoms in total. The zero-order chi connectivity index (χ0) is 13.3. The standard InChI is InChI=1S/C12H10F3NO2/c1-7-9(6-17)11(16-18-7)8-4-2-3-5-10(8)12(13,14)15/h2-5,17H,6H2,1H3. The van der Waals surface area contributed by atoms with Gasteiger partial charge in [-0.25, -0.2) is 0 Å². The summed E-state index contributed by atoms with van der Waals surface area (Å²) < 4.78 is 43.4. The fourth-order valence-electron chi connectivity index (χ4n) is 1.73. The van der Waals surface area contributed by atoms with E-state index in [0.717, 1.165) is 6.07 Å². The molecular formula is C12H10F3NO2. The molecule has 0 aliphatic rings. The van der Waals surface area contributed by atoms with Crippen molar-refractivity contribution < 1.29 is 22.8 Å². The quantitative estimate of drug-likeness (QED) is 0.898. The van der Waals surface area contributed by atoms with Crippen molar-refractivity contribution in [1.82, 2.24) is 5.16 Å². The zero-order valence-corrected chi connectivity index (χ0v) is 9.45. The van der Waals surface area contributed by atoms with E-state index < -0.39 is 18.3 Å². The maximum atomic E-state index is 12.9. The first-order valence-corrected chi connectivity index (χ1v) is 5.17. The Morgan fingerprint density at radius 3 is 2.56 bits per heavy atom. The largest absolute Gasteiger partial charge is 0.417 e. The first-order valence-electron chi connectivity index (χ1n) is 5.17. The summed E-state index contributed by atoms with van der Waals surface area (Å²) in [5.74, 6) is 0.310. The highest BCUT2D eigenvalue weighted by atomic mass is 19.4. The molecule has 0 aliphatic heterocycles. The van der Waals surface area contributed by atoms with E-state index in [0.29, 0.717) is 5.76 Å². The molecule has 0 radical (unpaired) electrons. The van der Waals surface area contributed by atoms with Crippen molar-refractivity contribution in [3.05, 3.63) is 41.2 Å². The van der Waals surface area contributed by atoms with Crippen LogP contribution in [0.4, 0.5) is 13.2 Å². The predicted molar refractivity (Wildman–Crippen MR) is 57.6 cm³/mol. The Morgan fingerprint density at radius 2 is 1.94 bits per heavy atom. The molecule has 1 aromatic heterocycles. The molecule has 0 bridgehead atoms. The van der Waals surface area contributed by atoms with Crippen LogP contribution in [0.3, 0.4) is 0 Å². The fourth-order valence-corrected chi connectivity index (χ4v) is 1.73. The third-order valence-corrected chi connectivity index (χ3v) is 2.63. The monoisotopic (exact) mass is 257 g/mol. The Hall–Kier alpha value is -1.82. The Morgan fingerprint density at radius 1 is 1.28 bits per heavy atom. The highest BCUT2D eigenvalue weighted by Crippen LogP contribution is 2.38. The fraction of sp³-hybridized carbons (Fsp3) is 0.250. The molecule has 0 spiro atoms. The number of hydrogen-bond donors (Lipinski definition) is 1. The van der Waals surface area contributed by atoms with Gasteiger partial charge in [-0.15, -0.1) is 0 Å². The van der Waals surface area contributed by atoms with Gasteiger partial charge in [0.2, 0.25) is 0 Å². The number of hydrogen-bond acceptors (Lipinski definition) is 3. The lowest BCUT2D eigenvalue weighted by molar-refractivity contribution is -0.137. The van der Waals surface area contributed by atoms with E-state index in [4.69, 9.17) is 9.63 Å². The van der Waals surface area contributed by atoms with Crippen molar-refractivity contribution >= 4 is 0 Å². The van der Waals surface area contributed by atoms with Crippen LogP contribution in [0.5, 0.6) is 0 Å². The van der Waals surface area contributed by atoms with Gasteiger partial charge in [0.1, 0.15) is 11.5 Å². The van der Waals surface area contributed by atoms with Gasteiger partial charge in [0.15, 0.2) is 0 Å². The third kappa shape index (κ3) is 2.11. The molecular weight excluding hydrogens is 247 g/mol. The maximum absolute atomic E-state index is 12.9. The summed E-state index contributed by atoms with van der Waals surface area (Å²) in [6, 6.07) is 5.06. The van der Waals surface area contributed by atoms with Crippen molar-refractivity contribution in [2.24, 2.45) is 0 Å². The minimum Gasteiger partial charge on any atom is -0.391 e. The van der Waals surface area contributed by atoms with Crippen molar-refractivity contribution in [3.63, 3.8) is 0 Å². The molecule has 1 aromatic carbocycles. The minimum absolute atomic E-state index is 0.0305. The van der Waals surface area contributed by atoms with E-state index in [2.05, 4.69) is 5.16 Å². The van der Waals surface area contributed by atoms with Gasteiger partial charge in [0, 0.05) is 11.1 Å². The molecule has 0 fully saturated rings. The smallest absolute Gasteiger partial charge is 0.391 e. The first-order chi connectivity index (χ1) is 8.45. The molecule has 1 N–H and O–H groups in total. The van der Waals surface area contributed by atoms with Gasteiger partial charge in [-0.3, -0.25) is 0 Å². The number of halogens is 3. The van der Waals surface area contributed by atoms with Crippen LogP contribution in [0.15, 0.2) is 28.8 Å². The van der Waals surface area contributed by atoms with Crippen LogP contribution in [-0.4, -0.2) is 10.3 Å². The lowest BCUT2D eigenvalue weighted by Crippen LogP contribution is -2.07. The van der Waals surface area contributed by atoms with E-state index in [1.807, 2.05) is 0 Å². The molecule has 0 saturated carbocycles. The van der Waals surface area contributed by atoms with Crippen molar-refractivity contribution in [3.8, 4) is 11.3 Å².